The van der Waals surface area contributed by atoms with E-state index in [1.165, 1.54) is 50.7 Å². The van der Waals surface area contributed by atoms with E-state index >= 15 is 0 Å². The molecule has 0 unspecified atom stereocenters. The number of rotatable bonds is 8. The van der Waals surface area contributed by atoms with Crippen molar-refractivity contribution in [3.05, 3.63) is 92.4 Å². The van der Waals surface area contributed by atoms with Crippen LogP contribution in [0.1, 0.15) is 15.9 Å². The van der Waals surface area contributed by atoms with E-state index in [4.69, 9.17) is 14.3 Å². The Balaban J connectivity index is 1.79. The van der Waals surface area contributed by atoms with Crippen LogP contribution in [-0.4, -0.2) is 29.8 Å². The van der Waals surface area contributed by atoms with E-state index in [0.717, 1.165) is 4.73 Å². The Morgan fingerprint density at radius 2 is 1.90 bits per heavy atom. The Kier molecular flexibility index (Phi) is 6.51. The number of nitro benzene ring substituents is 1. The molecule has 0 bridgehead atoms. The molecule has 10 nitrogen and oxygen atoms in total. The highest BCUT2D eigenvalue weighted by Crippen LogP contribution is 2.29. The first-order chi connectivity index (χ1) is 14.9. The smallest absolute Gasteiger partial charge is 0.295 e. The number of anilines is 1. The van der Waals surface area contributed by atoms with Crippen LogP contribution in [0.15, 0.2) is 65.6 Å². The van der Waals surface area contributed by atoms with Crippen molar-refractivity contribution < 1.29 is 24.0 Å². The van der Waals surface area contributed by atoms with E-state index < -0.39 is 16.4 Å². The zero-order valence-electron chi connectivity index (χ0n) is 16.7. The summed E-state index contributed by atoms with van der Waals surface area (Å²) in [4.78, 5) is 41.2. The van der Waals surface area contributed by atoms with Gasteiger partial charge in [0.2, 0.25) is 0 Å². The molecule has 3 aromatic rings. The highest BCUT2D eigenvalue weighted by atomic mass is 16.7. The van der Waals surface area contributed by atoms with Crippen molar-refractivity contribution in [1.82, 2.24) is 4.73 Å². The molecule has 1 heterocycles. The summed E-state index contributed by atoms with van der Waals surface area (Å²) in [6.45, 7) is -0.101. The minimum Gasteiger partial charge on any atom is -0.497 e. The van der Waals surface area contributed by atoms with Gasteiger partial charge in [-0.05, 0) is 29.8 Å². The summed E-state index contributed by atoms with van der Waals surface area (Å²) in [5.41, 5.74) is -0.108. The van der Waals surface area contributed by atoms with Crippen molar-refractivity contribution in [3.8, 4) is 11.5 Å². The van der Waals surface area contributed by atoms with E-state index in [-0.39, 0.29) is 17.9 Å². The van der Waals surface area contributed by atoms with Crippen LogP contribution in [0.4, 0.5) is 11.4 Å². The molecule has 0 atom stereocenters. The largest absolute Gasteiger partial charge is 0.497 e. The molecule has 1 amide bonds. The molecule has 0 saturated carbocycles. The van der Waals surface area contributed by atoms with Gasteiger partial charge in [0.05, 0.1) is 24.8 Å². The average Bonchev–Trinajstić information content (AvgIpc) is 2.78. The fraction of sp³-hybridized carbons (Fsp3) is 0.143. The van der Waals surface area contributed by atoms with Gasteiger partial charge in [0.25, 0.3) is 17.2 Å². The molecule has 1 aromatic heterocycles. The first-order valence-electron chi connectivity index (χ1n) is 9.04. The highest BCUT2D eigenvalue weighted by Gasteiger charge is 2.16. The lowest BCUT2D eigenvalue weighted by Crippen LogP contribution is -2.32. The normalized spacial score (nSPS) is 10.3. The van der Waals surface area contributed by atoms with Crippen molar-refractivity contribution >= 4 is 17.3 Å². The lowest BCUT2D eigenvalue weighted by molar-refractivity contribution is -0.384. The van der Waals surface area contributed by atoms with E-state index in [1.807, 2.05) is 0 Å². The van der Waals surface area contributed by atoms with Gasteiger partial charge in [0, 0.05) is 24.4 Å². The van der Waals surface area contributed by atoms with Gasteiger partial charge < -0.3 is 19.6 Å². The Hall–Kier alpha value is -4.34. The van der Waals surface area contributed by atoms with Gasteiger partial charge in [-0.2, -0.15) is 4.73 Å². The van der Waals surface area contributed by atoms with E-state index in [9.17, 15) is 19.7 Å². The molecule has 0 aliphatic carbocycles. The molecular formula is C21H19N3O7. The number of hydrogen-bond acceptors (Lipinski definition) is 7. The molecule has 1 N–H and O–H groups in total. The van der Waals surface area contributed by atoms with Crippen LogP contribution in [-0.2, 0) is 6.61 Å². The van der Waals surface area contributed by atoms with Crippen molar-refractivity contribution in [1.29, 1.82) is 0 Å². The van der Waals surface area contributed by atoms with Gasteiger partial charge in [0.1, 0.15) is 23.7 Å². The predicted molar refractivity (Wildman–Crippen MR) is 112 cm³/mol. The quantitative estimate of drug-likeness (QED) is 0.435. The number of aromatic nitrogens is 1. The number of nitrogens with one attached hydrogen (secondary N) is 1. The van der Waals surface area contributed by atoms with Crippen LogP contribution in [0.3, 0.4) is 0 Å². The molecule has 10 heteroatoms. The van der Waals surface area contributed by atoms with Gasteiger partial charge in [-0.15, -0.1) is 0 Å². The molecule has 0 aliphatic heterocycles. The number of carbonyl (C=O) groups excluding carboxylic acids is 1. The fourth-order valence-corrected chi connectivity index (χ4v) is 2.75. The monoisotopic (exact) mass is 425 g/mol. The minimum atomic E-state index is -0.688. The molecular weight excluding hydrogens is 406 g/mol. The Bertz CT molecular complexity index is 1170. The number of pyridine rings is 1. The second-order valence-corrected chi connectivity index (χ2v) is 6.27. The number of nitro groups is 1. The van der Waals surface area contributed by atoms with E-state index in [1.54, 1.807) is 24.3 Å². The second-order valence-electron chi connectivity index (χ2n) is 6.27. The number of amides is 1. The number of nitrogens with zero attached hydrogens (tertiary/aromatic N) is 2. The maximum absolute atomic E-state index is 12.7. The van der Waals surface area contributed by atoms with Gasteiger partial charge in [0.15, 0.2) is 0 Å². The standard InChI is InChI=1S/C21H19N3O7/c1-29-16-8-9-19(30-2)18(12-16)22-20(25)17-7-4-10-23(21(17)26)31-13-14-5-3-6-15(11-14)24(27)28/h3-12H,13H2,1-2H3,(H,22,25). The number of hydrogen-bond donors (Lipinski definition) is 1. The van der Waals surface area contributed by atoms with Crippen molar-refractivity contribution in [2.75, 3.05) is 19.5 Å². The van der Waals surface area contributed by atoms with Crippen LogP contribution < -0.4 is 25.2 Å². The number of carbonyl (C=O) groups is 1. The summed E-state index contributed by atoms with van der Waals surface area (Å²) in [6, 6.07) is 13.5. The number of non-ortho nitro benzene ring substituents is 1. The SMILES string of the molecule is COc1ccc(OC)c(NC(=O)c2cccn(OCc3cccc([N+](=O)[O-])c3)c2=O)c1. The maximum atomic E-state index is 12.7. The molecule has 160 valence electrons. The van der Waals surface area contributed by atoms with E-state index in [0.29, 0.717) is 22.7 Å². The van der Waals surface area contributed by atoms with Gasteiger partial charge in [-0.25, -0.2) is 0 Å². The lowest BCUT2D eigenvalue weighted by atomic mass is 10.2. The molecule has 0 aliphatic rings. The maximum Gasteiger partial charge on any atom is 0.295 e. The summed E-state index contributed by atoms with van der Waals surface area (Å²) >= 11 is 0. The first kappa shape index (κ1) is 21.4. The summed E-state index contributed by atoms with van der Waals surface area (Å²) in [6.07, 6.45) is 1.35. The third kappa shape index (κ3) is 4.99. The van der Waals surface area contributed by atoms with Crippen LogP contribution >= 0.6 is 0 Å². The van der Waals surface area contributed by atoms with Crippen molar-refractivity contribution in [2.45, 2.75) is 6.61 Å². The third-order valence-corrected chi connectivity index (χ3v) is 4.31. The molecule has 0 saturated heterocycles. The third-order valence-electron chi connectivity index (χ3n) is 4.31. The lowest BCUT2D eigenvalue weighted by Gasteiger charge is -2.13. The van der Waals surface area contributed by atoms with Crippen molar-refractivity contribution in [3.63, 3.8) is 0 Å². The molecule has 31 heavy (non-hydrogen) atoms. The Labute approximate surface area is 176 Å². The first-order valence-corrected chi connectivity index (χ1v) is 9.04. The second kappa shape index (κ2) is 9.44. The Morgan fingerprint density at radius 3 is 2.61 bits per heavy atom. The van der Waals surface area contributed by atoms with Crippen LogP contribution in [0.5, 0.6) is 11.5 Å². The summed E-state index contributed by atoms with van der Waals surface area (Å²) < 4.78 is 11.3. The zero-order chi connectivity index (χ0) is 22.4. The van der Waals surface area contributed by atoms with Crippen LogP contribution in [0.2, 0.25) is 0 Å². The van der Waals surface area contributed by atoms with Crippen LogP contribution in [0, 0.1) is 10.1 Å². The molecule has 2 aromatic carbocycles. The topological polar surface area (TPSA) is 122 Å². The van der Waals surface area contributed by atoms with Crippen molar-refractivity contribution in [2.24, 2.45) is 0 Å². The van der Waals surface area contributed by atoms with Crippen LogP contribution in [0.25, 0.3) is 0 Å². The van der Waals surface area contributed by atoms with Gasteiger partial charge in [-0.1, -0.05) is 12.1 Å². The molecule has 3 rings (SSSR count). The summed E-state index contributed by atoms with van der Waals surface area (Å²) in [5, 5.41) is 13.5. The molecule has 0 radical (unpaired) electrons. The molecule has 0 spiro atoms. The minimum absolute atomic E-state index is 0.0891. The summed E-state index contributed by atoms with van der Waals surface area (Å²) in [7, 11) is 2.94. The predicted octanol–water partition coefficient (Wildman–Crippen LogP) is 2.65. The number of methoxy groups -OCH3 is 2. The highest BCUT2D eigenvalue weighted by molar-refractivity contribution is 6.04. The fourth-order valence-electron chi connectivity index (χ4n) is 2.75. The number of benzene rings is 2. The zero-order valence-corrected chi connectivity index (χ0v) is 16.7. The summed E-state index contributed by atoms with van der Waals surface area (Å²) in [5.74, 6) is 0.235. The van der Waals surface area contributed by atoms with Gasteiger partial charge in [-0.3, -0.25) is 19.7 Å². The molecule has 0 fully saturated rings. The van der Waals surface area contributed by atoms with Gasteiger partial charge >= 0.3 is 0 Å². The average molecular weight is 425 g/mol. The van der Waals surface area contributed by atoms with E-state index in [2.05, 4.69) is 5.32 Å². The number of ether oxygens (including phenoxy) is 2. The Morgan fingerprint density at radius 1 is 1.10 bits per heavy atom.